The van der Waals surface area contributed by atoms with Gasteiger partial charge in [-0.1, -0.05) is 12.1 Å². The van der Waals surface area contributed by atoms with Gasteiger partial charge in [-0.25, -0.2) is 0 Å². The molecular weight excluding hydrogens is 311 g/mol. The highest BCUT2D eigenvalue weighted by Crippen LogP contribution is 2.40. The highest BCUT2D eigenvalue weighted by molar-refractivity contribution is 5.32. The van der Waals surface area contributed by atoms with Crippen LogP contribution in [0.5, 0.6) is 5.75 Å². The molecule has 0 amide bonds. The van der Waals surface area contributed by atoms with Crippen LogP contribution in [0.3, 0.4) is 0 Å². The van der Waals surface area contributed by atoms with Crippen LogP contribution >= 0.6 is 0 Å². The fourth-order valence-corrected chi connectivity index (χ4v) is 3.40. The van der Waals surface area contributed by atoms with Crippen molar-refractivity contribution in [2.45, 2.75) is 36.7 Å². The maximum atomic E-state index is 12.2. The lowest BCUT2D eigenvalue weighted by Gasteiger charge is -2.50. The molecule has 0 saturated carbocycles. The van der Waals surface area contributed by atoms with Crippen molar-refractivity contribution < 1.29 is 27.8 Å². The van der Waals surface area contributed by atoms with Gasteiger partial charge in [0.05, 0.1) is 18.8 Å². The van der Waals surface area contributed by atoms with E-state index in [0.717, 1.165) is 0 Å². The smallest absolute Gasteiger partial charge is 0.422 e. The van der Waals surface area contributed by atoms with Crippen molar-refractivity contribution in [1.82, 2.24) is 4.90 Å². The Bertz CT molecular complexity index is 532. The van der Waals surface area contributed by atoms with Crippen LogP contribution in [0.15, 0.2) is 24.3 Å². The molecule has 0 aliphatic carbocycles. The van der Waals surface area contributed by atoms with Crippen molar-refractivity contribution in [1.29, 1.82) is 0 Å². The van der Waals surface area contributed by atoms with Crippen LogP contribution in [-0.2, 0) is 10.3 Å². The maximum Gasteiger partial charge on any atom is 0.422 e. The number of hydrogen-bond donors (Lipinski definition) is 1. The van der Waals surface area contributed by atoms with Crippen LogP contribution in [0.25, 0.3) is 0 Å². The number of hydrogen-bond acceptors (Lipinski definition) is 4. The number of morpholine rings is 1. The predicted octanol–water partition coefficient (Wildman–Crippen LogP) is 2.31. The third-order valence-corrected chi connectivity index (χ3v) is 4.71. The summed E-state index contributed by atoms with van der Waals surface area (Å²) in [6.45, 7) is -0.146. The molecule has 23 heavy (non-hydrogen) atoms. The Kier molecular flexibility index (Phi) is 4.29. The van der Waals surface area contributed by atoms with Crippen LogP contribution < -0.4 is 4.74 Å². The van der Waals surface area contributed by atoms with Crippen molar-refractivity contribution in [2.24, 2.45) is 0 Å². The highest BCUT2D eigenvalue weighted by atomic mass is 19.4. The van der Waals surface area contributed by atoms with Crippen molar-refractivity contribution >= 4 is 0 Å². The molecule has 128 valence electrons. The Morgan fingerprint density at radius 3 is 2.30 bits per heavy atom. The number of likely N-dealkylation sites (N-methyl/N-ethyl adjacent to an activating group) is 1. The largest absolute Gasteiger partial charge is 0.484 e. The van der Waals surface area contributed by atoms with Crippen molar-refractivity contribution in [2.75, 3.05) is 26.9 Å². The minimum Gasteiger partial charge on any atom is -0.484 e. The maximum absolute atomic E-state index is 12.2. The van der Waals surface area contributed by atoms with Crippen LogP contribution in [0.1, 0.15) is 18.4 Å². The van der Waals surface area contributed by atoms with Gasteiger partial charge in [-0.05, 0) is 37.6 Å². The second kappa shape index (κ2) is 5.96. The SMILES string of the molecule is CN1C2COCC1CC(O)(c1ccc(OCC(F)(F)F)cc1)C2. The van der Waals surface area contributed by atoms with E-state index < -0.39 is 18.4 Å². The van der Waals surface area contributed by atoms with Gasteiger partial charge in [0.25, 0.3) is 0 Å². The molecule has 2 saturated heterocycles. The average Bonchev–Trinajstić information content (AvgIpc) is 2.47. The number of halogens is 3. The summed E-state index contributed by atoms with van der Waals surface area (Å²) in [5, 5.41) is 11.0. The minimum absolute atomic E-state index is 0.145. The zero-order valence-corrected chi connectivity index (χ0v) is 12.8. The van der Waals surface area contributed by atoms with E-state index in [4.69, 9.17) is 9.47 Å². The second-order valence-corrected chi connectivity index (χ2v) is 6.38. The zero-order chi connectivity index (χ0) is 16.7. The van der Waals surface area contributed by atoms with Gasteiger partial charge in [0.1, 0.15) is 5.75 Å². The Morgan fingerprint density at radius 2 is 1.78 bits per heavy atom. The molecule has 1 N–H and O–H groups in total. The lowest BCUT2D eigenvalue weighted by molar-refractivity contribution is -0.153. The van der Waals surface area contributed by atoms with E-state index in [0.29, 0.717) is 31.6 Å². The Labute approximate surface area is 132 Å². The fourth-order valence-electron chi connectivity index (χ4n) is 3.40. The van der Waals surface area contributed by atoms with E-state index in [9.17, 15) is 18.3 Å². The topological polar surface area (TPSA) is 41.9 Å². The first-order valence-corrected chi connectivity index (χ1v) is 7.59. The normalized spacial score (nSPS) is 31.9. The van der Waals surface area contributed by atoms with E-state index in [1.54, 1.807) is 12.1 Å². The molecular formula is C16H20F3NO3. The molecule has 2 fully saturated rings. The number of piperidine rings is 1. The summed E-state index contributed by atoms with van der Waals surface area (Å²) in [6.07, 6.45) is -3.27. The van der Waals surface area contributed by atoms with Gasteiger partial charge in [-0.2, -0.15) is 13.2 Å². The highest BCUT2D eigenvalue weighted by Gasteiger charge is 2.45. The first-order valence-electron chi connectivity index (χ1n) is 7.59. The van der Waals surface area contributed by atoms with Crippen LogP contribution in [0.4, 0.5) is 13.2 Å². The summed E-state index contributed by atoms with van der Waals surface area (Å²) in [4.78, 5) is 2.23. The third kappa shape index (κ3) is 3.62. The number of alkyl halides is 3. The Balaban J connectivity index is 1.71. The minimum atomic E-state index is -4.36. The van der Waals surface area contributed by atoms with Crippen molar-refractivity contribution in [3.8, 4) is 5.75 Å². The molecule has 0 spiro atoms. The monoisotopic (exact) mass is 331 g/mol. The summed E-state index contributed by atoms with van der Waals surface area (Å²) >= 11 is 0. The van der Waals surface area contributed by atoms with E-state index in [1.807, 2.05) is 7.05 Å². The molecule has 2 aliphatic rings. The first-order chi connectivity index (χ1) is 10.8. The van der Waals surface area contributed by atoms with Gasteiger partial charge < -0.3 is 14.6 Å². The molecule has 2 atom stereocenters. The van der Waals surface area contributed by atoms with Crippen molar-refractivity contribution in [3.63, 3.8) is 0 Å². The molecule has 2 unspecified atom stereocenters. The van der Waals surface area contributed by atoms with Crippen molar-refractivity contribution in [3.05, 3.63) is 29.8 Å². The lowest BCUT2D eigenvalue weighted by atomic mass is 9.77. The summed E-state index contributed by atoms with van der Waals surface area (Å²) in [5.74, 6) is 0.145. The lowest BCUT2D eigenvalue weighted by Crippen LogP contribution is -2.59. The van der Waals surface area contributed by atoms with Gasteiger partial charge in [0.2, 0.25) is 0 Å². The Hall–Kier alpha value is -1.31. The fraction of sp³-hybridized carbons (Fsp3) is 0.625. The van der Waals surface area contributed by atoms with Gasteiger partial charge in [0.15, 0.2) is 6.61 Å². The number of benzene rings is 1. The third-order valence-electron chi connectivity index (χ3n) is 4.71. The van der Waals surface area contributed by atoms with E-state index >= 15 is 0 Å². The summed E-state index contributed by atoms with van der Waals surface area (Å²) in [6, 6.07) is 6.54. The number of rotatable bonds is 3. The molecule has 7 heteroatoms. The number of aliphatic hydroxyl groups is 1. The zero-order valence-electron chi connectivity index (χ0n) is 12.8. The number of fused-ring (bicyclic) bond motifs is 2. The quantitative estimate of drug-likeness (QED) is 0.923. The number of nitrogens with zero attached hydrogens (tertiary/aromatic N) is 1. The molecule has 1 aromatic rings. The summed E-state index contributed by atoms with van der Waals surface area (Å²) in [7, 11) is 2.03. The molecule has 0 aromatic heterocycles. The first kappa shape index (κ1) is 16.5. The molecule has 2 bridgehead atoms. The molecule has 3 rings (SSSR count). The van der Waals surface area contributed by atoms with E-state index in [-0.39, 0.29) is 17.8 Å². The number of ether oxygens (including phenoxy) is 2. The predicted molar refractivity (Wildman–Crippen MR) is 77.3 cm³/mol. The Morgan fingerprint density at radius 1 is 1.22 bits per heavy atom. The molecule has 4 nitrogen and oxygen atoms in total. The van der Waals surface area contributed by atoms with Crippen LogP contribution in [0, 0.1) is 0 Å². The van der Waals surface area contributed by atoms with Gasteiger partial charge in [-0.3, -0.25) is 4.90 Å². The van der Waals surface area contributed by atoms with E-state index in [1.165, 1.54) is 12.1 Å². The standard InChI is InChI=1S/C16H20F3NO3/c1-20-12-6-15(21,7-13(20)9-22-8-12)11-2-4-14(5-3-11)23-10-16(17,18)19/h2-5,12-13,21H,6-10H2,1H3. The van der Waals surface area contributed by atoms with Gasteiger partial charge >= 0.3 is 6.18 Å². The average molecular weight is 331 g/mol. The molecule has 1 aromatic carbocycles. The van der Waals surface area contributed by atoms with Crippen LogP contribution in [0.2, 0.25) is 0 Å². The summed E-state index contributed by atoms with van der Waals surface area (Å²) < 4.78 is 46.7. The molecule has 2 heterocycles. The molecule has 2 aliphatic heterocycles. The van der Waals surface area contributed by atoms with Gasteiger partial charge in [0, 0.05) is 12.1 Å². The summed E-state index contributed by atoms with van der Waals surface area (Å²) in [5.41, 5.74) is -0.268. The van der Waals surface area contributed by atoms with Gasteiger partial charge in [-0.15, -0.1) is 0 Å². The second-order valence-electron chi connectivity index (χ2n) is 6.38. The van der Waals surface area contributed by atoms with Crippen LogP contribution in [-0.4, -0.2) is 55.1 Å². The van der Waals surface area contributed by atoms with E-state index in [2.05, 4.69) is 4.90 Å². The molecule has 0 radical (unpaired) electrons.